The lowest BCUT2D eigenvalue weighted by Crippen LogP contribution is -2.39. The van der Waals surface area contributed by atoms with Crippen molar-refractivity contribution in [1.29, 1.82) is 0 Å². The van der Waals surface area contributed by atoms with E-state index in [-0.39, 0.29) is 24.0 Å². The van der Waals surface area contributed by atoms with E-state index >= 15 is 0 Å². The van der Waals surface area contributed by atoms with Gasteiger partial charge in [0.15, 0.2) is 17.5 Å². The highest BCUT2D eigenvalue weighted by molar-refractivity contribution is 14.0. The molecule has 0 radical (unpaired) electrons. The molecule has 1 aromatic carbocycles. The Morgan fingerprint density at radius 1 is 0.958 bits per heavy atom. The Bertz CT molecular complexity index is 545. The standard InChI is InChI=1S/C17H25N3O3.HI/c1-21-14-8-11(9-15(22-2)16(14)23-3)10-18-17(19-12-4-5-12)20-13-6-7-13;/h8-9,12-13H,4-7,10H2,1-3H3,(H2,18,19,20);1H. The average molecular weight is 447 g/mol. The van der Waals surface area contributed by atoms with Gasteiger partial charge in [0.2, 0.25) is 5.75 Å². The second-order valence-corrected chi connectivity index (χ2v) is 6.04. The maximum absolute atomic E-state index is 5.39. The fraction of sp³-hybridized carbons (Fsp3) is 0.588. The summed E-state index contributed by atoms with van der Waals surface area (Å²) in [7, 11) is 4.85. The van der Waals surface area contributed by atoms with Crippen molar-refractivity contribution in [2.45, 2.75) is 44.3 Å². The van der Waals surface area contributed by atoms with Gasteiger partial charge in [0.25, 0.3) is 0 Å². The van der Waals surface area contributed by atoms with Crippen LogP contribution in [0.3, 0.4) is 0 Å². The van der Waals surface area contributed by atoms with Crippen molar-refractivity contribution < 1.29 is 14.2 Å². The molecule has 2 N–H and O–H groups in total. The average Bonchev–Trinajstić information content (AvgIpc) is 3.47. The summed E-state index contributed by atoms with van der Waals surface area (Å²) in [6.07, 6.45) is 4.93. The smallest absolute Gasteiger partial charge is 0.203 e. The molecule has 7 heteroatoms. The molecule has 0 bridgehead atoms. The molecule has 6 nitrogen and oxygen atoms in total. The molecule has 134 valence electrons. The lowest BCUT2D eigenvalue weighted by Gasteiger charge is -2.14. The zero-order chi connectivity index (χ0) is 16.2. The molecule has 0 saturated heterocycles. The van der Waals surface area contributed by atoms with Gasteiger partial charge in [-0.1, -0.05) is 0 Å². The topological polar surface area (TPSA) is 64.1 Å². The highest BCUT2D eigenvalue weighted by atomic mass is 127. The largest absolute Gasteiger partial charge is 0.493 e. The summed E-state index contributed by atoms with van der Waals surface area (Å²) in [4.78, 5) is 4.70. The second-order valence-electron chi connectivity index (χ2n) is 6.04. The first-order valence-electron chi connectivity index (χ1n) is 8.10. The van der Waals surface area contributed by atoms with E-state index < -0.39 is 0 Å². The Kier molecular flexibility index (Phi) is 6.82. The minimum absolute atomic E-state index is 0. The van der Waals surface area contributed by atoms with Gasteiger partial charge in [-0.15, -0.1) is 24.0 Å². The molecular weight excluding hydrogens is 421 g/mol. The first kappa shape index (κ1) is 19.0. The number of nitrogens with one attached hydrogen (secondary N) is 2. The second kappa shape index (κ2) is 8.64. The van der Waals surface area contributed by atoms with Gasteiger partial charge in [0.05, 0.1) is 27.9 Å². The van der Waals surface area contributed by atoms with Crippen molar-refractivity contribution in [3.05, 3.63) is 17.7 Å². The van der Waals surface area contributed by atoms with Gasteiger partial charge in [0.1, 0.15) is 0 Å². The van der Waals surface area contributed by atoms with Crippen LogP contribution in [-0.2, 0) is 6.54 Å². The molecule has 2 aliphatic carbocycles. The number of guanidine groups is 1. The first-order valence-corrected chi connectivity index (χ1v) is 8.10. The van der Waals surface area contributed by atoms with E-state index in [9.17, 15) is 0 Å². The molecule has 24 heavy (non-hydrogen) atoms. The van der Waals surface area contributed by atoms with E-state index in [4.69, 9.17) is 19.2 Å². The van der Waals surface area contributed by atoms with Crippen LogP contribution in [0.25, 0.3) is 0 Å². The summed E-state index contributed by atoms with van der Waals surface area (Å²) < 4.78 is 16.1. The van der Waals surface area contributed by atoms with Crippen LogP contribution in [0, 0.1) is 0 Å². The molecule has 0 atom stereocenters. The Hall–Kier alpha value is -1.38. The van der Waals surface area contributed by atoms with Crippen molar-refractivity contribution in [3.63, 3.8) is 0 Å². The Morgan fingerprint density at radius 2 is 1.46 bits per heavy atom. The number of ether oxygens (including phenoxy) is 3. The van der Waals surface area contributed by atoms with Crippen LogP contribution >= 0.6 is 24.0 Å². The molecule has 2 aliphatic rings. The molecule has 3 rings (SSSR count). The summed E-state index contributed by atoms with van der Waals surface area (Å²) >= 11 is 0. The monoisotopic (exact) mass is 447 g/mol. The normalized spacial score (nSPS) is 15.8. The number of hydrogen-bond donors (Lipinski definition) is 2. The lowest BCUT2D eigenvalue weighted by atomic mass is 10.2. The van der Waals surface area contributed by atoms with Crippen LogP contribution in [0.15, 0.2) is 17.1 Å². The number of halogens is 1. The number of methoxy groups -OCH3 is 3. The number of hydrogen-bond acceptors (Lipinski definition) is 4. The fourth-order valence-corrected chi connectivity index (χ4v) is 2.37. The molecule has 0 spiro atoms. The Morgan fingerprint density at radius 3 is 1.83 bits per heavy atom. The highest BCUT2D eigenvalue weighted by Crippen LogP contribution is 2.38. The molecule has 2 saturated carbocycles. The molecule has 0 amide bonds. The van der Waals surface area contributed by atoms with Crippen LogP contribution in [0.5, 0.6) is 17.2 Å². The van der Waals surface area contributed by atoms with Crippen LogP contribution in [0.2, 0.25) is 0 Å². The Balaban J connectivity index is 0.00000208. The highest BCUT2D eigenvalue weighted by Gasteiger charge is 2.26. The minimum Gasteiger partial charge on any atom is -0.493 e. The van der Waals surface area contributed by atoms with Gasteiger partial charge in [-0.25, -0.2) is 4.99 Å². The van der Waals surface area contributed by atoms with E-state index in [1.165, 1.54) is 25.7 Å². The van der Waals surface area contributed by atoms with Gasteiger partial charge in [0, 0.05) is 12.1 Å². The third-order valence-corrected chi connectivity index (χ3v) is 3.98. The first-order chi connectivity index (χ1) is 11.2. The third kappa shape index (κ3) is 5.06. The van der Waals surface area contributed by atoms with E-state index in [2.05, 4.69) is 10.6 Å². The van der Waals surface area contributed by atoms with E-state index in [0.29, 0.717) is 35.9 Å². The van der Waals surface area contributed by atoms with E-state index in [1.54, 1.807) is 21.3 Å². The summed E-state index contributed by atoms with van der Waals surface area (Å²) in [5.74, 6) is 2.83. The Labute approximate surface area is 160 Å². The zero-order valence-corrected chi connectivity index (χ0v) is 16.8. The quantitative estimate of drug-likeness (QED) is 0.383. The van der Waals surface area contributed by atoms with Crippen molar-refractivity contribution in [1.82, 2.24) is 10.6 Å². The number of nitrogens with zero attached hydrogens (tertiary/aromatic N) is 1. The zero-order valence-electron chi connectivity index (χ0n) is 14.4. The minimum atomic E-state index is 0. The van der Waals surface area contributed by atoms with Crippen molar-refractivity contribution in [3.8, 4) is 17.2 Å². The molecule has 0 heterocycles. The van der Waals surface area contributed by atoms with Crippen molar-refractivity contribution in [2.75, 3.05) is 21.3 Å². The summed E-state index contributed by atoms with van der Waals surface area (Å²) in [5.41, 5.74) is 1.02. The molecular formula is C17H26IN3O3. The van der Waals surface area contributed by atoms with Gasteiger partial charge in [-0.2, -0.15) is 0 Å². The van der Waals surface area contributed by atoms with E-state index in [1.807, 2.05) is 12.1 Å². The summed E-state index contributed by atoms with van der Waals surface area (Å²) in [6.45, 7) is 0.561. The van der Waals surface area contributed by atoms with Gasteiger partial charge < -0.3 is 24.8 Å². The predicted molar refractivity (Wildman–Crippen MR) is 105 cm³/mol. The maximum Gasteiger partial charge on any atom is 0.203 e. The molecule has 2 fully saturated rings. The summed E-state index contributed by atoms with van der Waals surface area (Å²) in [6, 6.07) is 5.05. The van der Waals surface area contributed by atoms with Crippen LogP contribution in [0.4, 0.5) is 0 Å². The molecule has 0 aliphatic heterocycles. The van der Waals surface area contributed by atoms with Crippen molar-refractivity contribution in [2.24, 2.45) is 4.99 Å². The molecule has 1 aromatic rings. The molecule has 0 unspecified atom stereocenters. The summed E-state index contributed by atoms with van der Waals surface area (Å²) in [5, 5.41) is 6.93. The van der Waals surface area contributed by atoms with Crippen LogP contribution in [-0.4, -0.2) is 39.4 Å². The van der Waals surface area contributed by atoms with E-state index in [0.717, 1.165) is 11.5 Å². The molecule has 0 aromatic heterocycles. The number of rotatable bonds is 7. The SMILES string of the molecule is COc1cc(CN=C(NC2CC2)NC2CC2)cc(OC)c1OC.I. The van der Waals surface area contributed by atoms with Gasteiger partial charge in [-0.3, -0.25) is 0 Å². The number of benzene rings is 1. The number of aliphatic imine (C=N–C) groups is 1. The predicted octanol–water partition coefficient (Wildman–Crippen LogP) is 2.69. The fourth-order valence-electron chi connectivity index (χ4n) is 2.37. The van der Waals surface area contributed by atoms with Gasteiger partial charge >= 0.3 is 0 Å². The van der Waals surface area contributed by atoms with Crippen LogP contribution < -0.4 is 24.8 Å². The van der Waals surface area contributed by atoms with Gasteiger partial charge in [-0.05, 0) is 43.4 Å². The lowest BCUT2D eigenvalue weighted by molar-refractivity contribution is 0.324. The van der Waals surface area contributed by atoms with Crippen molar-refractivity contribution >= 4 is 29.9 Å². The third-order valence-electron chi connectivity index (χ3n) is 3.98. The maximum atomic E-state index is 5.39. The van der Waals surface area contributed by atoms with Crippen LogP contribution in [0.1, 0.15) is 31.2 Å².